The smallest absolute Gasteiger partial charge is 0.190 e. The SMILES string of the molecule is C=CC[Si](C)(C)OCCC#CCCCCCC. The summed E-state index contributed by atoms with van der Waals surface area (Å²) in [6.07, 6.45) is 9.09. The van der Waals surface area contributed by atoms with Gasteiger partial charge in [-0.15, -0.1) is 18.4 Å². The first-order valence-electron chi connectivity index (χ1n) is 6.83. The van der Waals surface area contributed by atoms with Gasteiger partial charge in [0, 0.05) is 19.4 Å². The molecule has 0 spiro atoms. The highest BCUT2D eigenvalue weighted by molar-refractivity contribution is 6.71. The molecule has 0 aromatic carbocycles. The molecule has 0 saturated carbocycles. The van der Waals surface area contributed by atoms with Crippen LogP contribution in [0, 0.1) is 11.8 Å². The largest absolute Gasteiger partial charge is 0.416 e. The number of hydrogen-bond donors (Lipinski definition) is 0. The summed E-state index contributed by atoms with van der Waals surface area (Å²) in [6.45, 7) is 11.2. The van der Waals surface area contributed by atoms with E-state index in [0.29, 0.717) is 0 Å². The average Bonchev–Trinajstić information content (AvgIpc) is 2.27. The Morgan fingerprint density at radius 1 is 1.12 bits per heavy atom. The second kappa shape index (κ2) is 10.6. The van der Waals surface area contributed by atoms with E-state index in [2.05, 4.69) is 38.4 Å². The Morgan fingerprint density at radius 2 is 1.82 bits per heavy atom. The first-order valence-corrected chi connectivity index (χ1v) is 9.94. The van der Waals surface area contributed by atoms with Crippen LogP contribution in [0.4, 0.5) is 0 Å². The molecule has 0 aliphatic carbocycles. The minimum absolute atomic E-state index is 0.787. The van der Waals surface area contributed by atoms with Crippen molar-refractivity contribution in [3.63, 3.8) is 0 Å². The van der Waals surface area contributed by atoms with Crippen LogP contribution in [0.3, 0.4) is 0 Å². The molecule has 0 fully saturated rings. The molecule has 0 rings (SSSR count). The Labute approximate surface area is 109 Å². The Morgan fingerprint density at radius 3 is 2.47 bits per heavy atom. The van der Waals surface area contributed by atoms with Crippen LogP contribution in [0.1, 0.15) is 45.4 Å². The van der Waals surface area contributed by atoms with Gasteiger partial charge in [0.2, 0.25) is 0 Å². The van der Waals surface area contributed by atoms with E-state index in [0.717, 1.165) is 25.5 Å². The van der Waals surface area contributed by atoms with Crippen molar-refractivity contribution in [2.75, 3.05) is 6.61 Å². The lowest BCUT2D eigenvalue weighted by Crippen LogP contribution is -2.29. The van der Waals surface area contributed by atoms with Crippen LogP contribution in [0.2, 0.25) is 19.1 Å². The van der Waals surface area contributed by atoms with Crippen molar-refractivity contribution in [1.82, 2.24) is 0 Å². The van der Waals surface area contributed by atoms with Gasteiger partial charge >= 0.3 is 0 Å². The molecular weight excluding hydrogens is 224 g/mol. The van der Waals surface area contributed by atoms with Gasteiger partial charge in [0.1, 0.15) is 0 Å². The molecule has 0 bridgehead atoms. The molecule has 98 valence electrons. The van der Waals surface area contributed by atoms with Crippen molar-refractivity contribution in [3.8, 4) is 11.8 Å². The molecule has 0 aliphatic rings. The van der Waals surface area contributed by atoms with Crippen molar-refractivity contribution < 1.29 is 4.43 Å². The summed E-state index contributed by atoms with van der Waals surface area (Å²) in [6, 6.07) is 1.03. The minimum Gasteiger partial charge on any atom is -0.416 e. The topological polar surface area (TPSA) is 9.23 Å². The van der Waals surface area contributed by atoms with E-state index >= 15 is 0 Å². The summed E-state index contributed by atoms with van der Waals surface area (Å²) in [5, 5.41) is 0. The van der Waals surface area contributed by atoms with E-state index in [1.165, 1.54) is 25.7 Å². The summed E-state index contributed by atoms with van der Waals surface area (Å²) in [5.74, 6) is 6.43. The summed E-state index contributed by atoms with van der Waals surface area (Å²) >= 11 is 0. The Bertz CT molecular complexity index is 247. The van der Waals surface area contributed by atoms with Gasteiger partial charge in [0.05, 0.1) is 0 Å². The second-order valence-electron chi connectivity index (χ2n) is 5.02. The van der Waals surface area contributed by atoms with Gasteiger partial charge in [-0.25, -0.2) is 0 Å². The Hall–Kier alpha value is -0.523. The third-order valence-corrected chi connectivity index (χ3v) is 4.89. The van der Waals surface area contributed by atoms with E-state index in [1.807, 2.05) is 6.08 Å². The average molecular weight is 252 g/mol. The zero-order valence-corrected chi connectivity index (χ0v) is 12.8. The summed E-state index contributed by atoms with van der Waals surface area (Å²) < 4.78 is 5.88. The van der Waals surface area contributed by atoms with E-state index in [4.69, 9.17) is 4.43 Å². The van der Waals surface area contributed by atoms with Crippen molar-refractivity contribution >= 4 is 8.32 Å². The fourth-order valence-corrected chi connectivity index (χ4v) is 3.07. The van der Waals surface area contributed by atoms with Crippen molar-refractivity contribution in [3.05, 3.63) is 12.7 Å². The fraction of sp³-hybridized carbons (Fsp3) is 0.733. The lowest BCUT2D eigenvalue weighted by molar-refractivity contribution is 0.318. The van der Waals surface area contributed by atoms with Crippen LogP contribution in [0.5, 0.6) is 0 Å². The highest BCUT2D eigenvalue weighted by Crippen LogP contribution is 2.11. The van der Waals surface area contributed by atoms with Gasteiger partial charge in [-0.05, 0) is 25.6 Å². The second-order valence-corrected chi connectivity index (χ2v) is 9.23. The van der Waals surface area contributed by atoms with Crippen LogP contribution in [-0.4, -0.2) is 14.9 Å². The van der Waals surface area contributed by atoms with Gasteiger partial charge in [-0.3, -0.25) is 0 Å². The predicted molar refractivity (Wildman–Crippen MR) is 79.6 cm³/mol. The monoisotopic (exact) mass is 252 g/mol. The molecule has 0 heterocycles. The quantitative estimate of drug-likeness (QED) is 0.249. The number of hydrogen-bond acceptors (Lipinski definition) is 1. The van der Waals surface area contributed by atoms with Crippen molar-refractivity contribution in [1.29, 1.82) is 0 Å². The van der Waals surface area contributed by atoms with Gasteiger partial charge < -0.3 is 4.43 Å². The normalized spacial score (nSPS) is 10.8. The highest BCUT2D eigenvalue weighted by atomic mass is 28.4. The fourth-order valence-electron chi connectivity index (χ4n) is 1.60. The molecule has 0 atom stereocenters. The predicted octanol–water partition coefficient (Wildman–Crippen LogP) is 4.76. The zero-order chi connectivity index (χ0) is 13.0. The molecule has 2 heteroatoms. The van der Waals surface area contributed by atoms with Gasteiger partial charge in [-0.1, -0.05) is 32.3 Å². The molecule has 0 unspecified atom stereocenters. The van der Waals surface area contributed by atoms with E-state index in [1.54, 1.807) is 0 Å². The van der Waals surface area contributed by atoms with Gasteiger partial charge in [0.15, 0.2) is 8.32 Å². The number of allylic oxidation sites excluding steroid dienone is 1. The standard InChI is InChI=1S/C15H28OSi/c1-5-7-8-9-10-11-12-13-14-16-17(3,4)15-6-2/h6H,2,5,7-10,13-15H2,1,3-4H3. The zero-order valence-electron chi connectivity index (χ0n) is 11.8. The molecule has 1 nitrogen and oxygen atoms in total. The Kier molecular flexibility index (Phi) is 10.3. The molecule has 0 amide bonds. The third kappa shape index (κ3) is 11.7. The highest BCUT2D eigenvalue weighted by Gasteiger charge is 2.19. The maximum absolute atomic E-state index is 5.88. The molecule has 0 saturated heterocycles. The molecule has 0 aliphatic heterocycles. The molecule has 0 aromatic rings. The van der Waals surface area contributed by atoms with Crippen LogP contribution >= 0.6 is 0 Å². The van der Waals surface area contributed by atoms with Gasteiger partial charge in [-0.2, -0.15) is 0 Å². The van der Waals surface area contributed by atoms with Crippen molar-refractivity contribution in [2.24, 2.45) is 0 Å². The first-order chi connectivity index (χ1) is 8.12. The Balaban J connectivity index is 3.44. The first kappa shape index (κ1) is 16.5. The third-order valence-electron chi connectivity index (χ3n) is 2.64. The lowest BCUT2D eigenvalue weighted by atomic mass is 10.1. The van der Waals surface area contributed by atoms with Crippen LogP contribution in [0.25, 0.3) is 0 Å². The van der Waals surface area contributed by atoms with Crippen LogP contribution in [0.15, 0.2) is 12.7 Å². The van der Waals surface area contributed by atoms with Gasteiger partial charge in [0.25, 0.3) is 0 Å². The summed E-state index contributed by atoms with van der Waals surface area (Å²) in [7, 11) is -1.48. The van der Waals surface area contributed by atoms with Crippen LogP contribution in [-0.2, 0) is 4.43 Å². The summed E-state index contributed by atoms with van der Waals surface area (Å²) in [4.78, 5) is 0. The number of rotatable bonds is 9. The van der Waals surface area contributed by atoms with E-state index in [9.17, 15) is 0 Å². The lowest BCUT2D eigenvalue weighted by Gasteiger charge is -2.20. The number of unbranched alkanes of at least 4 members (excludes halogenated alkanes) is 4. The maximum Gasteiger partial charge on any atom is 0.190 e. The molecule has 17 heavy (non-hydrogen) atoms. The van der Waals surface area contributed by atoms with Crippen molar-refractivity contribution in [2.45, 2.75) is 64.6 Å². The molecule has 0 radical (unpaired) electrons. The van der Waals surface area contributed by atoms with E-state index in [-0.39, 0.29) is 0 Å². The molecule has 0 aromatic heterocycles. The van der Waals surface area contributed by atoms with Crippen LogP contribution < -0.4 is 0 Å². The maximum atomic E-state index is 5.88. The van der Waals surface area contributed by atoms with E-state index < -0.39 is 8.32 Å². The molecule has 0 N–H and O–H groups in total. The summed E-state index contributed by atoms with van der Waals surface area (Å²) in [5.41, 5.74) is 0. The molecular formula is C15H28OSi. The minimum atomic E-state index is -1.48.